The summed E-state index contributed by atoms with van der Waals surface area (Å²) in [5.41, 5.74) is 0. The smallest absolute Gasteiger partial charge is 0.305 e. The molecule has 0 atom stereocenters. The molecule has 0 bridgehead atoms. The molecule has 0 rings (SSSR count). The minimum absolute atomic E-state index is 0.0346. The quantitative estimate of drug-likeness (QED) is 0.0585. The van der Waals surface area contributed by atoms with Crippen LogP contribution in [0.4, 0.5) is 0 Å². The third kappa shape index (κ3) is 33.1. The predicted molar refractivity (Wildman–Crippen MR) is 172 cm³/mol. The van der Waals surface area contributed by atoms with Crippen LogP contribution in [0.1, 0.15) is 206 Å². The van der Waals surface area contributed by atoms with E-state index >= 15 is 0 Å². The van der Waals surface area contributed by atoms with Crippen LogP contribution < -0.4 is 0 Å². The lowest BCUT2D eigenvalue weighted by molar-refractivity contribution is -0.144. The molecule has 0 aliphatic carbocycles. The van der Waals surface area contributed by atoms with Gasteiger partial charge in [0.1, 0.15) is 0 Å². The normalized spacial score (nSPS) is 11.2. The lowest BCUT2D eigenvalue weighted by atomic mass is 10.1. The van der Waals surface area contributed by atoms with Crippen molar-refractivity contribution in [1.82, 2.24) is 0 Å². The molecule has 4 heteroatoms. The molecule has 0 spiro atoms. The minimum Gasteiger partial charge on any atom is -0.466 e. The number of unbranched alkanes of at least 4 members (excludes halogenated alkanes) is 25. The van der Waals surface area contributed by atoms with Crippen LogP contribution in [-0.2, 0) is 19.1 Å². The van der Waals surface area contributed by atoms with Crippen LogP contribution in [0.25, 0.3) is 0 Å². The molecule has 0 saturated heterocycles. The molecule has 238 valence electrons. The number of hydrogen-bond acceptors (Lipinski definition) is 4. The second-order valence-corrected chi connectivity index (χ2v) is 12.1. The van der Waals surface area contributed by atoms with E-state index in [4.69, 9.17) is 9.47 Å². The van der Waals surface area contributed by atoms with Gasteiger partial charge >= 0.3 is 11.9 Å². The summed E-state index contributed by atoms with van der Waals surface area (Å²) in [6.07, 6.45) is 36.1. The molecular formula is C36H70O4. The molecule has 0 fully saturated rings. The summed E-state index contributed by atoms with van der Waals surface area (Å²) in [5.74, 6) is -0.0692. The van der Waals surface area contributed by atoms with E-state index in [0.717, 1.165) is 51.4 Å². The molecule has 0 aliphatic rings. The second kappa shape index (κ2) is 34.1. The molecule has 0 heterocycles. The van der Waals surface area contributed by atoms with Crippen LogP contribution in [0, 0.1) is 0 Å². The molecule has 0 aromatic rings. The first kappa shape index (κ1) is 38.9. The van der Waals surface area contributed by atoms with Gasteiger partial charge in [-0.3, -0.25) is 9.59 Å². The summed E-state index contributed by atoms with van der Waals surface area (Å²) in [4.78, 5) is 23.8. The Bertz CT molecular complexity index is 473. The Morgan fingerprint density at radius 1 is 0.325 bits per heavy atom. The molecule has 0 aliphatic heterocycles. The van der Waals surface area contributed by atoms with Crippen molar-refractivity contribution in [3.63, 3.8) is 0 Å². The Hall–Kier alpha value is -1.06. The zero-order valence-electron chi connectivity index (χ0n) is 27.3. The summed E-state index contributed by atoms with van der Waals surface area (Å²) in [6, 6.07) is 0. The predicted octanol–water partition coefficient (Wildman–Crippen LogP) is 11.8. The first-order valence-corrected chi connectivity index (χ1v) is 18.0. The maximum atomic E-state index is 11.9. The number of carbonyl (C=O) groups excluding carboxylic acids is 2. The van der Waals surface area contributed by atoms with Gasteiger partial charge in [0.2, 0.25) is 0 Å². The van der Waals surface area contributed by atoms with Gasteiger partial charge in [-0.1, -0.05) is 168 Å². The van der Waals surface area contributed by atoms with Crippen LogP contribution >= 0.6 is 0 Å². The summed E-state index contributed by atoms with van der Waals surface area (Å²) < 4.78 is 10.8. The van der Waals surface area contributed by atoms with Gasteiger partial charge in [-0.15, -0.1) is 0 Å². The van der Waals surface area contributed by atoms with Gasteiger partial charge in [0, 0.05) is 12.8 Å². The fraction of sp³-hybridized carbons (Fsp3) is 0.944. The van der Waals surface area contributed by atoms with E-state index in [0.29, 0.717) is 26.1 Å². The largest absolute Gasteiger partial charge is 0.466 e. The average Bonchev–Trinajstić information content (AvgIpc) is 2.95. The van der Waals surface area contributed by atoms with Crippen molar-refractivity contribution in [2.24, 2.45) is 0 Å². The van der Waals surface area contributed by atoms with E-state index in [2.05, 4.69) is 13.8 Å². The van der Waals surface area contributed by atoms with Gasteiger partial charge in [-0.25, -0.2) is 0 Å². The summed E-state index contributed by atoms with van der Waals surface area (Å²) in [7, 11) is 0. The lowest BCUT2D eigenvalue weighted by Gasteiger charge is -2.06. The van der Waals surface area contributed by atoms with Crippen molar-refractivity contribution in [3.05, 3.63) is 0 Å². The Morgan fingerprint density at radius 3 is 0.825 bits per heavy atom. The maximum absolute atomic E-state index is 11.9. The molecule has 0 N–H and O–H groups in total. The fourth-order valence-electron chi connectivity index (χ4n) is 5.29. The summed E-state index contributed by atoms with van der Waals surface area (Å²) in [5, 5.41) is 0. The number of ether oxygens (including phenoxy) is 2. The second-order valence-electron chi connectivity index (χ2n) is 12.1. The van der Waals surface area contributed by atoms with E-state index in [9.17, 15) is 9.59 Å². The van der Waals surface area contributed by atoms with Crippen LogP contribution in [0.5, 0.6) is 0 Å². The SMILES string of the molecule is CCCCCCCCCCCCCOC(=O)CCCCCCCCC(=O)OCCCCCCCCCCCCC. The van der Waals surface area contributed by atoms with Gasteiger partial charge in [-0.05, 0) is 25.7 Å². The van der Waals surface area contributed by atoms with Gasteiger partial charge in [0.05, 0.1) is 13.2 Å². The van der Waals surface area contributed by atoms with Gasteiger partial charge in [0.25, 0.3) is 0 Å². The monoisotopic (exact) mass is 567 g/mol. The highest BCUT2D eigenvalue weighted by Crippen LogP contribution is 2.13. The lowest BCUT2D eigenvalue weighted by Crippen LogP contribution is -2.06. The maximum Gasteiger partial charge on any atom is 0.305 e. The number of rotatable bonds is 33. The van der Waals surface area contributed by atoms with E-state index < -0.39 is 0 Å². The first-order chi connectivity index (χ1) is 19.7. The Balaban J connectivity index is 3.25. The average molecular weight is 567 g/mol. The molecule has 0 radical (unpaired) electrons. The molecule has 0 aromatic carbocycles. The topological polar surface area (TPSA) is 52.6 Å². The third-order valence-electron chi connectivity index (χ3n) is 8.03. The minimum atomic E-state index is -0.0346. The van der Waals surface area contributed by atoms with Crippen molar-refractivity contribution in [1.29, 1.82) is 0 Å². The highest BCUT2D eigenvalue weighted by atomic mass is 16.5. The molecular weight excluding hydrogens is 496 g/mol. The molecule has 0 unspecified atom stereocenters. The van der Waals surface area contributed by atoms with Crippen LogP contribution in [0.3, 0.4) is 0 Å². The van der Waals surface area contributed by atoms with E-state index in [-0.39, 0.29) is 11.9 Å². The summed E-state index contributed by atoms with van der Waals surface area (Å²) >= 11 is 0. The number of carbonyl (C=O) groups is 2. The molecule has 40 heavy (non-hydrogen) atoms. The van der Waals surface area contributed by atoms with E-state index in [1.807, 2.05) is 0 Å². The Morgan fingerprint density at radius 2 is 0.550 bits per heavy atom. The number of hydrogen-bond donors (Lipinski definition) is 0. The zero-order valence-corrected chi connectivity index (χ0v) is 27.3. The standard InChI is InChI=1S/C36H70O4/c1-3-5-7-9-11-13-15-17-21-25-29-33-39-35(37)31-27-23-19-20-24-28-32-36(38)40-34-30-26-22-18-16-14-12-10-8-6-4-2/h3-34H2,1-2H3. The van der Waals surface area contributed by atoms with Crippen molar-refractivity contribution >= 4 is 11.9 Å². The molecule has 0 amide bonds. The first-order valence-electron chi connectivity index (χ1n) is 18.0. The van der Waals surface area contributed by atoms with Crippen molar-refractivity contribution in [2.45, 2.75) is 206 Å². The van der Waals surface area contributed by atoms with Crippen molar-refractivity contribution in [2.75, 3.05) is 13.2 Å². The Labute approximate surface area is 250 Å². The highest BCUT2D eigenvalue weighted by Gasteiger charge is 2.04. The molecule has 4 nitrogen and oxygen atoms in total. The van der Waals surface area contributed by atoms with Crippen molar-refractivity contribution in [3.8, 4) is 0 Å². The van der Waals surface area contributed by atoms with Gasteiger partial charge < -0.3 is 9.47 Å². The van der Waals surface area contributed by atoms with E-state index in [1.165, 1.54) is 128 Å². The van der Waals surface area contributed by atoms with Crippen LogP contribution in [0.2, 0.25) is 0 Å². The van der Waals surface area contributed by atoms with Gasteiger partial charge in [0.15, 0.2) is 0 Å². The molecule has 0 aromatic heterocycles. The fourth-order valence-corrected chi connectivity index (χ4v) is 5.29. The highest BCUT2D eigenvalue weighted by molar-refractivity contribution is 5.69. The zero-order chi connectivity index (χ0) is 29.2. The van der Waals surface area contributed by atoms with Crippen LogP contribution in [-0.4, -0.2) is 25.2 Å². The number of esters is 2. The summed E-state index contributed by atoms with van der Waals surface area (Å²) in [6.45, 7) is 5.71. The van der Waals surface area contributed by atoms with Crippen LogP contribution in [0.15, 0.2) is 0 Å². The molecule has 0 saturated carbocycles. The Kier molecular flexibility index (Phi) is 33.2. The third-order valence-corrected chi connectivity index (χ3v) is 8.03. The van der Waals surface area contributed by atoms with Crippen molar-refractivity contribution < 1.29 is 19.1 Å². The van der Waals surface area contributed by atoms with E-state index in [1.54, 1.807) is 0 Å². The van der Waals surface area contributed by atoms with Gasteiger partial charge in [-0.2, -0.15) is 0 Å².